The van der Waals surface area contributed by atoms with Crippen LogP contribution in [-0.2, 0) is 26.5 Å². The molecule has 4 heterocycles. The van der Waals surface area contributed by atoms with E-state index < -0.39 is 0 Å². The van der Waals surface area contributed by atoms with Crippen molar-refractivity contribution in [1.82, 2.24) is 9.55 Å². The minimum atomic E-state index is -0.0798. The van der Waals surface area contributed by atoms with Crippen LogP contribution in [0.2, 0.25) is 0 Å². The topological polar surface area (TPSA) is 46.7 Å². The molecule has 0 bridgehead atoms. The summed E-state index contributed by atoms with van der Waals surface area (Å²) in [5, 5.41) is 4.24. The molecule has 0 amide bonds. The van der Waals surface area contributed by atoms with Gasteiger partial charge in [0.2, 0.25) is 0 Å². The summed E-state index contributed by atoms with van der Waals surface area (Å²) in [4.78, 5) is 9.46. The molecular weight excluding hydrogens is 980 g/mol. The number of para-hydroxylation sites is 3. The summed E-state index contributed by atoms with van der Waals surface area (Å²) < 4.78 is 15.6. The number of aromatic nitrogens is 2. The van der Waals surface area contributed by atoms with Crippen molar-refractivity contribution in [1.29, 1.82) is 0 Å². The van der Waals surface area contributed by atoms with Crippen LogP contribution < -0.4 is 14.5 Å². The Morgan fingerprint density at radius 1 is 0.600 bits per heavy atom. The van der Waals surface area contributed by atoms with Crippen molar-refractivity contribution in [2.75, 3.05) is 9.80 Å². The van der Waals surface area contributed by atoms with Crippen molar-refractivity contribution in [2.24, 2.45) is 0 Å². The molecule has 1 aliphatic heterocycles. The normalized spacial score (nSPS) is 12.6. The second-order valence-electron chi connectivity index (χ2n) is 17.3. The molecule has 12 rings (SSSR count). The number of hydrogen-bond acceptors (Lipinski definition) is 5. The van der Waals surface area contributed by atoms with Gasteiger partial charge >= 0.3 is 0 Å². The minimum absolute atomic E-state index is 0. The summed E-state index contributed by atoms with van der Waals surface area (Å²) in [6, 6.07) is 70.5. The third-order valence-electron chi connectivity index (χ3n) is 12.3. The molecule has 0 unspecified atom stereocenters. The molecule has 1 aliphatic rings. The first-order chi connectivity index (χ1) is 31.4. The van der Waals surface area contributed by atoms with Gasteiger partial charge in [0.1, 0.15) is 17.0 Å². The summed E-state index contributed by atoms with van der Waals surface area (Å²) in [6.07, 6.45) is 1.90. The summed E-state index contributed by atoms with van der Waals surface area (Å²) in [6.45, 7) is 8.84. The molecule has 0 fully saturated rings. The molecule has 0 saturated carbocycles. The second-order valence-corrected chi connectivity index (χ2v) is 17.3. The molecule has 0 spiro atoms. The van der Waals surface area contributed by atoms with Gasteiger partial charge in [0, 0.05) is 67.0 Å². The smallest absolute Gasteiger partial charge is 0.136 e. The average molecular weight is 1020 g/mol. The van der Waals surface area contributed by atoms with Crippen LogP contribution in [0.15, 0.2) is 193 Å². The first-order valence-electron chi connectivity index (χ1n) is 21.6. The van der Waals surface area contributed by atoms with E-state index in [1.165, 1.54) is 5.56 Å². The van der Waals surface area contributed by atoms with E-state index in [1.54, 1.807) is 0 Å². The van der Waals surface area contributed by atoms with E-state index in [0.717, 1.165) is 94.6 Å². The van der Waals surface area contributed by atoms with Crippen LogP contribution in [0.4, 0.5) is 22.7 Å². The summed E-state index contributed by atoms with van der Waals surface area (Å²) >= 11 is 0. The molecule has 0 aliphatic carbocycles. The van der Waals surface area contributed by atoms with Crippen molar-refractivity contribution in [3.63, 3.8) is 0 Å². The van der Waals surface area contributed by atoms with Gasteiger partial charge in [0.15, 0.2) is 0 Å². The van der Waals surface area contributed by atoms with E-state index in [-0.39, 0.29) is 26.5 Å². The van der Waals surface area contributed by atoms with Crippen molar-refractivity contribution < 1.29 is 30.2 Å². The molecule has 65 heavy (non-hydrogen) atoms. The van der Waals surface area contributed by atoms with E-state index in [0.29, 0.717) is 11.5 Å². The number of anilines is 4. The molecule has 6 nitrogen and oxygen atoms in total. The molecule has 0 saturated heterocycles. The number of rotatable bonds is 7. The number of furan rings is 1. The number of ether oxygens (including phenoxy) is 1. The third-order valence-corrected chi connectivity index (χ3v) is 12.3. The van der Waals surface area contributed by atoms with Crippen molar-refractivity contribution in [3.8, 4) is 39.6 Å². The SMILES string of the molecule is CC(C)(C)c1ccnc(-n2c3[c-]c(Oc4[c-]c(N5[CH-]N(c6c(-c7ccccc7)cccc6-c6ccccc6)c6ccccc65)ccc4)ccc3c3oc4ccc5ccccc5c4c32)c1.[Pt]. The van der Waals surface area contributed by atoms with Gasteiger partial charge in [-0.2, -0.15) is 12.1 Å². The van der Waals surface area contributed by atoms with E-state index in [2.05, 4.69) is 218 Å². The molecule has 11 aromatic rings. The number of hydrogen-bond donors (Lipinski definition) is 0. The quantitative estimate of drug-likeness (QED) is 0.149. The Hall–Kier alpha value is -7.40. The van der Waals surface area contributed by atoms with Crippen LogP contribution in [0, 0.1) is 18.8 Å². The Balaban J connectivity index is 0.00000469. The fraction of sp³-hybridized carbons (Fsp3) is 0.0690. The zero-order chi connectivity index (χ0) is 42.9. The molecule has 318 valence electrons. The van der Waals surface area contributed by atoms with Crippen LogP contribution in [0.5, 0.6) is 11.5 Å². The van der Waals surface area contributed by atoms with Gasteiger partial charge in [0.05, 0.1) is 10.9 Å². The monoisotopic (exact) mass is 1020 g/mol. The van der Waals surface area contributed by atoms with Gasteiger partial charge < -0.3 is 23.5 Å². The third kappa shape index (κ3) is 6.88. The van der Waals surface area contributed by atoms with Gasteiger partial charge in [-0.1, -0.05) is 153 Å². The Bertz CT molecular complexity index is 3510. The van der Waals surface area contributed by atoms with Crippen LogP contribution in [0.1, 0.15) is 26.3 Å². The molecule has 7 heteroatoms. The van der Waals surface area contributed by atoms with Crippen molar-refractivity contribution >= 4 is 66.5 Å². The Morgan fingerprint density at radius 2 is 1.26 bits per heavy atom. The van der Waals surface area contributed by atoms with Crippen molar-refractivity contribution in [3.05, 3.63) is 213 Å². The maximum Gasteiger partial charge on any atom is 0.136 e. The van der Waals surface area contributed by atoms with E-state index in [9.17, 15) is 0 Å². The fourth-order valence-corrected chi connectivity index (χ4v) is 9.22. The summed E-state index contributed by atoms with van der Waals surface area (Å²) in [5.74, 6) is 1.92. The Kier molecular flexibility index (Phi) is 9.93. The fourth-order valence-electron chi connectivity index (χ4n) is 9.22. The zero-order valence-corrected chi connectivity index (χ0v) is 38.2. The second kappa shape index (κ2) is 16.0. The molecule has 0 atom stereocenters. The average Bonchev–Trinajstić information content (AvgIpc) is 4.01. The summed E-state index contributed by atoms with van der Waals surface area (Å²) in [5.41, 5.74) is 13.1. The largest absolute Gasteiger partial charge is 0.509 e. The molecule has 0 radical (unpaired) electrons. The predicted octanol–water partition coefficient (Wildman–Crippen LogP) is 15.5. The standard InChI is InChI=1S/C58H41N4O2.Pt/c1-58(2,3)41-32-33-59-53(34-41)62-51-36-44(29-30-48(51)57-56(62)54-45-23-11-10-20-40(45)28-31-52(54)64-57)63-43-22-14-21-42(35-43)60-37-61(50-27-13-12-26-49(50)60)55-46(38-16-6-4-7-17-38)24-15-25-47(55)39-18-8-5-9-19-39;/h4-34,37H,1-3H3;/q-3;. The van der Waals surface area contributed by atoms with Gasteiger partial charge in [-0.25, -0.2) is 4.98 Å². The van der Waals surface area contributed by atoms with E-state index >= 15 is 0 Å². The van der Waals surface area contributed by atoms with Crippen molar-refractivity contribution in [2.45, 2.75) is 26.2 Å². The molecule has 0 N–H and O–H groups in total. The predicted molar refractivity (Wildman–Crippen MR) is 261 cm³/mol. The van der Waals surface area contributed by atoms with Gasteiger partial charge in [0.25, 0.3) is 0 Å². The maximum absolute atomic E-state index is 6.71. The van der Waals surface area contributed by atoms with Crippen LogP contribution in [-0.4, -0.2) is 9.55 Å². The van der Waals surface area contributed by atoms with Gasteiger partial charge in [-0.15, -0.1) is 42.7 Å². The number of fused-ring (bicyclic) bond motifs is 8. The van der Waals surface area contributed by atoms with Gasteiger partial charge in [-0.05, 0) is 63.2 Å². The molecule has 8 aromatic carbocycles. The molecular formula is C58H41N4O2Pt-3. The molecule has 3 aromatic heterocycles. The number of nitrogens with zero attached hydrogens (tertiary/aromatic N) is 4. The van der Waals surface area contributed by atoms with Gasteiger partial charge in [-0.3, -0.25) is 0 Å². The Labute approximate surface area is 392 Å². The summed E-state index contributed by atoms with van der Waals surface area (Å²) in [7, 11) is 0. The van der Waals surface area contributed by atoms with Crippen LogP contribution >= 0.6 is 0 Å². The number of benzene rings is 8. The van der Waals surface area contributed by atoms with E-state index in [1.807, 2.05) is 24.4 Å². The Morgan fingerprint density at radius 3 is 2.00 bits per heavy atom. The van der Waals surface area contributed by atoms with Crippen LogP contribution in [0.3, 0.4) is 0 Å². The number of pyridine rings is 1. The first-order valence-corrected chi connectivity index (χ1v) is 21.6. The minimum Gasteiger partial charge on any atom is -0.509 e. The van der Waals surface area contributed by atoms with E-state index in [4.69, 9.17) is 14.1 Å². The first kappa shape index (κ1) is 40.4. The zero-order valence-electron chi connectivity index (χ0n) is 35.9. The maximum atomic E-state index is 6.71. The van der Waals surface area contributed by atoms with Crippen LogP contribution in [0.25, 0.3) is 71.8 Å².